The minimum absolute atomic E-state index is 0.102. The summed E-state index contributed by atoms with van der Waals surface area (Å²) < 4.78 is 25.7. The van der Waals surface area contributed by atoms with Crippen LogP contribution in [0.5, 0.6) is 0 Å². The van der Waals surface area contributed by atoms with Crippen LogP contribution in [0.4, 0.5) is 14.5 Å². The molecule has 1 aromatic carbocycles. The molecular weight excluding hydrogens is 188 g/mol. The highest BCUT2D eigenvalue weighted by Gasteiger charge is 2.29. The molecule has 2 atom stereocenters. The minimum atomic E-state index is -0.621. The summed E-state index contributed by atoms with van der Waals surface area (Å²) in [5.41, 5.74) is 0.246. The highest BCUT2D eigenvalue weighted by Crippen LogP contribution is 2.25. The third-order valence-corrected chi connectivity index (χ3v) is 2.51. The van der Waals surface area contributed by atoms with Crippen LogP contribution in [0, 0.1) is 11.6 Å². The Balaban J connectivity index is 2.09. The predicted octanol–water partition coefficient (Wildman–Crippen LogP) is 1.90. The second-order valence-electron chi connectivity index (χ2n) is 3.52. The highest BCUT2D eigenvalue weighted by molar-refractivity contribution is 5.46. The van der Waals surface area contributed by atoms with Crippen LogP contribution >= 0.6 is 0 Å². The Morgan fingerprint density at radius 2 is 2.07 bits per heavy atom. The van der Waals surface area contributed by atoms with Crippen LogP contribution in [0.2, 0.25) is 0 Å². The zero-order valence-electron chi connectivity index (χ0n) is 7.50. The number of nitrogens with one attached hydrogen (secondary N) is 1. The summed E-state index contributed by atoms with van der Waals surface area (Å²) in [6.07, 6.45) is 1.14. The van der Waals surface area contributed by atoms with Crippen LogP contribution in [0.1, 0.15) is 12.8 Å². The molecule has 0 aromatic heterocycles. The van der Waals surface area contributed by atoms with E-state index in [1.54, 1.807) is 0 Å². The fourth-order valence-corrected chi connectivity index (χ4v) is 1.46. The van der Waals surface area contributed by atoms with Gasteiger partial charge in [0, 0.05) is 6.07 Å². The number of aliphatic hydroxyl groups is 1. The molecule has 0 aliphatic heterocycles. The van der Waals surface area contributed by atoms with E-state index in [0.717, 1.165) is 18.9 Å². The zero-order valence-corrected chi connectivity index (χ0v) is 7.50. The molecule has 2 N–H and O–H groups in total. The van der Waals surface area contributed by atoms with Gasteiger partial charge in [0.15, 0.2) is 0 Å². The Bertz CT molecular complexity index is 343. The molecule has 2 nitrogen and oxygen atoms in total. The average Bonchev–Trinajstić information content (AvgIpc) is 2.14. The van der Waals surface area contributed by atoms with Gasteiger partial charge in [-0.05, 0) is 25.0 Å². The van der Waals surface area contributed by atoms with Crippen molar-refractivity contribution in [2.45, 2.75) is 25.0 Å². The molecule has 1 saturated carbocycles. The number of anilines is 1. The van der Waals surface area contributed by atoms with Crippen molar-refractivity contribution in [2.24, 2.45) is 0 Å². The molecule has 0 spiro atoms. The molecule has 76 valence electrons. The molecule has 1 fully saturated rings. The molecular formula is C10H11F2NO. The van der Waals surface area contributed by atoms with E-state index in [1.807, 2.05) is 0 Å². The molecule has 14 heavy (non-hydrogen) atoms. The van der Waals surface area contributed by atoms with E-state index in [-0.39, 0.29) is 11.7 Å². The van der Waals surface area contributed by atoms with E-state index < -0.39 is 17.7 Å². The van der Waals surface area contributed by atoms with Gasteiger partial charge < -0.3 is 10.4 Å². The Kier molecular flexibility index (Phi) is 2.37. The normalized spacial score (nSPS) is 25.6. The van der Waals surface area contributed by atoms with Gasteiger partial charge in [0.05, 0.1) is 17.8 Å². The van der Waals surface area contributed by atoms with Crippen LogP contribution in [-0.2, 0) is 0 Å². The van der Waals surface area contributed by atoms with Gasteiger partial charge in [0.1, 0.15) is 11.6 Å². The standard InChI is InChI=1S/C10H11F2NO/c11-6-1-2-8(7(12)5-6)13-9-3-4-10(9)14/h1-2,5,9-10,13-14H,3-4H2/t9-,10-/m1/s1. The molecule has 0 amide bonds. The van der Waals surface area contributed by atoms with E-state index in [9.17, 15) is 13.9 Å². The summed E-state index contributed by atoms with van der Waals surface area (Å²) >= 11 is 0. The summed E-state index contributed by atoms with van der Waals surface area (Å²) in [4.78, 5) is 0. The zero-order chi connectivity index (χ0) is 10.1. The second-order valence-corrected chi connectivity index (χ2v) is 3.52. The fourth-order valence-electron chi connectivity index (χ4n) is 1.46. The van der Waals surface area contributed by atoms with Crippen molar-refractivity contribution >= 4 is 5.69 Å². The topological polar surface area (TPSA) is 32.3 Å². The lowest BCUT2D eigenvalue weighted by Crippen LogP contribution is -2.42. The van der Waals surface area contributed by atoms with Gasteiger partial charge in [-0.2, -0.15) is 0 Å². The molecule has 4 heteroatoms. The first-order valence-electron chi connectivity index (χ1n) is 4.56. The number of benzene rings is 1. The van der Waals surface area contributed by atoms with Crippen LogP contribution in [0.15, 0.2) is 18.2 Å². The molecule has 1 aromatic rings. The van der Waals surface area contributed by atoms with E-state index >= 15 is 0 Å². The van der Waals surface area contributed by atoms with Gasteiger partial charge in [0.2, 0.25) is 0 Å². The van der Waals surface area contributed by atoms with Crippen LogP contribution in [0.25, 0.3) is 0 Å². The van der Waals surface area contributed by atoms with Crippen molar-refractivity contribution in [1.82, 2.24) is 0 Å². The lowest BCUT2D eigenvalue weighted by atomic mass is 9.89. The van der Waals surface area contributed by atoms with Crippen LogP contribution in [0.3, 0.4) is 0 Å². The van der Waals surface area contributed by atoms with Gasteiger partial charge in [-0.3, -0.25) is 0 Å². The predicted molar refractivity (Wildman–Crippen MR) is 49.0 cm³/mol. The first kappa shape index (κ1) is 9.40. The first-order chi connectivity index (χ1) is 6.66. The third kappa shape index (κ3) is 1.70. The maximum Gasteiger partial charge on any atom is 0.149 e. The van der Waals surface area contributed by atoms with Crippen molar-refractivity contribution in [2.75, 3.05) is 5.32 Å². The van der Waals surface area contributed by atoms with E-state index in [1.165, 1.54) is 12.1 Å². The molecule has 1 aliphatic rings. The van der Waals surface area contributed by atoms with Crippen LogP contribution in [-0.4, -0.2) is 17.3 Å². The maximum absolute atomic E-state index is 13.1. The molecule has 0 heterocycles. The van der Waals surface area contributed by atoms with E-state index in [2.05, 4.69) is 5.32 Å². The monoisotopic (exact) mass is 199 g/mol. The summed E-state index contributed by atoms with van der Waals surface area (Å²) in [6.45, 7) is 0. The van der Waals surface area contributed by atoms with Crippen molar-refractivity contribution < 1.29 is 13.9 Å². The van der Waals surface area contributed by atoms with Crippen molar-refractivity contribution in [3.8, 4) is 0 Å². The summed E-state index contributed by atoms with van der Waals surface area (Å²) in [7, 11) is 0. The smallest absolute Gasteiger partial charge is 0.149 e. The number of halogens is 2. The van der Waals surface area contributed by atoms with Crippen molar-refractivity contribution in [1.29, 1.82) is 0 Å². The summed E-state index contributed by atoms with van der Waals surface area (Å²) in [6, 6.07) is 3.26. The number of hydrogen-bond acceptors (Lipinski definition) is 2. The molecule has 1 aliphatic carbocycles. The van der Waals surface area contributed by atoms with Gasteiger partial charge >= 0.3 is 0 Å². The minimum Gasteiger partial charge on any atom is -0.391 e. The van der Waals surface area contributed by atoms with Gasteiger partial charge in [0.25, 0.3) is 0 Å². The van der Waals surface area contributed by atoms with E-state index in [0.29, 0.717) is 0 Å². The van der Waals surface area contributed by atoms with Gasteiger partial charge in [-0.25, -0.2) is 8.78 Å². The third-order valence-electron chi connectivity index (χ3n) is 2.51. The Morgan fingerprint density at radius 1 is 1.29 bits per heavy atom. The number of hydrogen-bond donors (Lipinski definition) is 2. The first-order valence-corrected chi connectivity index (χ1v) is 4.56. The lowest BCUT2D eigenvalue weighted by molar-refractivity contribution is 0.0784. The summed E-state index contributed by atoms with van der Waals surface area (Å²) in [5, 5.41) is 12.1. The largest absolute Gasteiger partial charge is 0.391 e. The van der Waals surface area contributed by atoms with Crippen molar-refractivity contribution in [3.63, 3.8) is 0 Å². The maximum atomic E-state index is 13.1. The fraction of sp³-hybridized carbons (Fsp3) is 0.400. The van der Waals surface area contributed by atoms with Gasteiger partial charge in [-0.15, -0.1) is 0 Å². The molecule has 0 saturated heterocycles. The molecule has 0 bridgehead atoms. The second kappa shape index (κ2) is 3.53. The van der Waals surface area contributed by atoms with Crippen LogP contribution < -0.4 is 5.32 Å². The quantitative estimate of drug-likeness (QED) is 0.762. The highest BCUT2D eigenvalue weighted by atomic mass is 19.1. The number of aliphatic hydroxyl groups excluding tert-OH is 1. The van der Waals surface area contributed by atoms with Crippen molar-refractivity contribution in [3.05, 3.63) is 29.8 Å². The Hall–Kier alpha value is -1.16. The number of rotatable bonds is 2. The SMILES string of the molecule is O[C@@H]1CC[C@H]1Nc1ccc(F)cc1F. The van der Waals surface area contributed by atoms with E-state index in [4.69, 9.17) is 0 Å². The summed E-state index contributed by atoms with van der Waals surface area (Å²) in [5.74, 6) is -1.22. The lowest BCUT2D eigenvalue weighted by Gasteiger charge is -2.33. The van der Waals surface area contributed by atoms with Gasteiger partial charge in [-0.1, -0.05) is 0 Å². The average molecular weight is 199 g/mol. The Morgan fingerprint density at radius 3 is 2.57 bits per heavy atom. The molecule has 2 rings (SSSR count). The molecule has 0 unspecified atom stereocenters. The Labute approximate surface area is 80.6 Å². The molecule has 0 radical (unpaired) electrons.